The van der Waals surface area contributed by atoms with Crippen LogP contribution in [-0.2, 0) is 0 Å². The lowest BCUT2D eigenvalue weighted by atomic mass is 10.0. The van der Waals surface area contributed by atoms with Crippen LogP contribution in [0.3, 0.4) is 0 Å². The van der Waals surface area contributed by atoms with Crippen LogP contribution in [0.5, 0.6) is 0 Å². The van der Waals surface area contributed by atoms with E-state index in [1.807, 2.05) is 0 Å². The summed E-state index contributed by atoms with van der Waals surface area (Å²) in [4.78, 5) is 2.77. The number of nitrogens with one attached hydrogen (secondary N) is 1. The Morgan fingerprint density at radius 2 is 1.25 bits per heavy atom. The van der Waals surface area contributed by atoms with Crippen LogP contribution in [0.2, 0.25) is 0 Å². The molecule has 2 aromatic heterocycles. The van der Waals surface area contributed by atoms with Gasteiger partial charge in [-0.25, -0.2) is 0 Å². The monoisotopic (exact) mass is 422 g/mol. The molecule has 1 N–H and O–H groups in total. The average Bonchev–Trinajstić information content (AvgIpc) is 3.63. The molecule has 0 unspecified atom stereocenters. The molecule has 0 aliphatic heterocycles. The van der Waals surface area contributed by atoms with Gasteiger partial charge in [-0.2, -0.15) is 0 Å². The molecular weight excluding hydrogens is 388 g/mol. The maximum absolute atomic E-state index is 9.42. The number of rotatable bonds is 2. The zero-order valence-electron chi connectivity index (χ0n) is 30.3. The summed E-state index contributed by atoms with van der Waals surface area (Å²) in [6.45, 7) is 0. The van der Waals surface area contributed by atoms with Crippen molar-refractivity contribution < 1.29 is 19.2 Å². The lowest BCUT2D eigenvalue weighted by Crippen LogP contribution is -1.93. The highest BCUT2D eigenvalue weighted by Crippen LogP contribution is 2.36. The molecule has 150 valence electrons. The van der Waals surface area contributed by atoms with Crippen LogP contribution in [0, 0.1) is 0 Å². The van der Waals surface area contributed by atoms with Gasteiger partial charge < -0.3 is 9.55 Å². The third-order valence-corrected chi connectivity index (χ3v) is 5.42. The van der Waals surface area contributed by atoms with Crippen molar-refractivity contribution in [2.75, 3.05) is 0 Å². The highest BCUT2D eigenvalue weighted by atomic mass is 15.0. The van der Waals surface area contributed by atoms with Crippen molar-refractivity contribution in [3.8, 4) is 16.8 Å². The molecule has 2 heterocycles. The van der Waals surface area contributed by atoms with Crippen molar-refractivity contribution in [2.24, 2.45) is 0 Å². The standard InChI is InChI=1S/C30H20N2/c1-2-8-22(9-3-1)32-29-13-7-5-11-24(29)25-16-14-21(19-30(25)32)20-15-17-28-26(18-20)23-10-4-6-12-27(23)31-28/h1-19,31H/i4D,5D,6D,7D,10D,11D,12D,13D,14D,15D,16D,17D,18D,19D. The van der Waals surface area contributed by atoms with Gasteiger partial charge in [-0.15, -0.1) is 0 Å². The quantitative estimate of drug-likeness (QED) is 0.291. The minimum Gasteiger partial charge on any atom is -0.355 e. The Kier molecular flexibility index (Phi) is 1.79. The van der Waals surface area contributed by atoms with Crippen LogP contribution < -0.4 is 0 Å². The van der Waals surface area contributed by atoms with E-state index in [9.17, 15) is 2.74 Å². The number of para-hydroxylation sites is 3. The maximum atomic E-state index is 9.42. The topological polar surface area (TPSA) is 20.7 Å². The number of H-pyrrole nitrogens is 1. The molecule has 0 bridgehead atoms. The van der Waals surface area contributed by atoms with E-state index in [1.165, 1.54) is 4.57 Å². The van der Waals surface area contributed by atoms with E-state index < -0.39 is 84.6 Å². The fourth-order valence-electron chi connectivity index (χ4n) is 4.00. The molecule has 0 spiro atoms. The fourth-order valence-corrected chi connectivity index (χ4v) is 4.00. The van der Waals surface area contributed by atoms with E-state index in [0.29, 0.717) is 5.69 Å². The Bertz CT molecular complexity index is 2520. The van der Waals surface area contributed by atoms with Crippen LogP contribution in [0.1, 0.15) is 19.2 Å². The second-order valence-electron chi connectivity index (χ2n) is 7.24. The Morgan fingerprint density at radius 3 is 2.16 bits per heavy atom. The number of hydrogen-bond acceptors (Lipinski definition) is 0. The molecule has 0 aliphatic carbocycles. The van der Waals surface area contributed by atoms with Crippen LogP contribution in [0.25, 0.3) is 60.4 Å². The summed E-state index contributed by atoms with van der Waals surface area (Å²) in [5.41, 5.74) is -0.587. The fraction of sp³-hybridized carbons (Fsp3) is 0. The van der Waals surface area contributed by atoms with E-state index >= 15 is 0 Å². The summed E-state index contributed by atoms with van der Waals surface area (Å²) >= 11 is 0. The lowest BCUT2D eigenvalue weighted by molar-refractivity contribution is 1.18. The number of hydrogen-bond donors (Lipinski definition) is 1. The van der Waals surface area contributed by atoms with E-state index in [0.717, 1.165) is 0 Å². The second kappa shape index (κ2) is 6.60. The third-order valence-electron chi connectivity index (χ3n) is 5.42. The van der Waals surface area contributed by atoms with Crippen molar-refractivity contribution in [2.45, 2.75) is 0 Å². The van der Waals surface area contributed by atoms with Gasteiger partial charge in [-0.1, -0.05) is 72.6 Å². The van der Waals surface area contributed by atoms with Gasteiger partial charge in [0.15, 0.2) is 0 Å². The minimum atomic E-state index is -0.612. The second-order valence-corrected chi connectivity index (χ2v) is 7.24. The Morgan fingerprint density at radius 1 is 0.562 bits per heavy atom. The highest BCUT2D eigenvalue weighted by Gasteiger charge is 2.13. The van der Waals surface area contributed by atoms with Gasteiger partial charge in [0, 0.05) is 38.3 Å². The number of nitrogens with zero attached hydrogens (tertiary/aromatic N) is 1. The first kappa shape index (κ1) is 8.68. The average molecular weight is 423 g/mol. The summed E-state index contributed by atoms with van der Waals surface area (Å²) in [5, 5.41) is -0.347. The summed E-state index contributed by atoms with van der Waals surface area (Å²) in [6.07, 6.45) is 0. The molecule has 0 radical (unpaired) electrons. The number of benzene rings is 5. The molecule has 7 rings (SSSR count). The maximum Gasteiger partial charge on any atom is 0.0652 e. The van der Waals surface area contributed by atoms with Crippen LogP contribution >= 0.6 is 0 Å². The first-order valence-electron chi connectivity index (χ1n) is 16.8. The predicted molar refractivity (Wildman–Crippen MR) is 136 cm³/mol. The number of aromatic amines is 1. The molecule has 32 heavy (non-hydrogen) atoms. The molecule has 0 saturated carbocycles. The van der Waals surface area contributed by atoms with Gasteiger partial charge in [0.1, 0.15) is 0 Å². The Balaban J connectivity index is 1.74. The van der Waals surface area contributed by atoms with Gasteiger partial charge in [-0.05, 0) is 53.5 Å². The first-order chi connectivity index (χ1) is 21.7. The first-order valence-corrected chi connectivity index (χ1v) is 9.83. The summed E-state index contributed by atoms with van der Waals surface area (Å²) in [7, 11) is 0. The van der Waals surface area contributed by atoms with Gasteiger partial charge >= 0.3 is 0 Å². The van der Waals surface area contributed by atoms with Gasteiger partial charge in [0.2, 0.25) is 0 Å². The molecule has 0 atom stereocenters. The number of aromatic nitrogens is 2. The molecule has 5 aromatic carbocycles. The molecule has 2 heteroatoms. The van der Waals surface area contributed by atoms with Gasteiger partial charge in [-0.3, -0.25) is 0 Å². The molecule has 0 saturated heterocycles. The number of fused-ring (bicyclic) bond motifs is 6. The zero-order chi connectivity index (χ0) is 33.3. The summed E-state index contributed by atoms with van der Waals surface area (Å²) in [5.74, 6) is 0. The normalized spacial score (nSPS) is 17.9. The molecular formula is C30H20N2. The Labute approximate surface area is 205 Å². The van der Waals surface area contributed by atoms with Crippen molar-refractivity contribution >= 4 is 43.6 Å². The van der Waals surface area contributed by atoms with Crippen LogP contribution in [0.4, 0.5) is 0 Å². The van der Waals surface area contributed by atoms with E-state index in [1.54, 1.807) is 30.3 Å². The van der Waals surface area contributed by atoms with Crippen molar-refractivity contribution in [1.82, 2.24) is 9.55 Å². The van der Waals surface area contributed by atoms with E-state index in [4.69, 9.17) is 16.4 Å². The van der Waals surface area contributed by atoms with Crippen LogP contribution in [0.15, 0.2) is 115 Å². The molecule has 2 nitrogen and oxygen atoms in total. The lowest BCUT2D eigenvalue weighted by Gasteiger charge is -2.09. The highest BCUT2D eigenvalue weighted by molar-refractivity contribution is 6.11. The largest absolute Gasteiger partial charge is 0.355 e. The summed E-state index contributed by atoms with van der Waals surface area (Å²) < 4.78 is 123. The minimum absolute atomic E-state index is 0.0211. The molecule has 0 aliphatic rings. The zero-order valence-corrected chi connectivity index (χ0v) is 16.3. The van der Waals surface area contributed by atoms with E-state index in [-0.39, 0.29) is 54.7 Å². The molecule has 7 aromatic rings. The molecule has 0 amide bonds. The smallest absolute Gasteiger partial charge is 0.0652 e. The van der Waals surface area contributed by atoms with Crippen molar-refractivity contribution in [3.63, 3.8) is 0 Å². The third kappa shape index (κ3) is 2.47. The van der Waals surface area contributed by atoms with Crippen molar-refractivity contribution in [1.29, 1.82) is 0 Å². The van der Waals surface area contributed by atoms with Crippen LogP contribution in [-0.4, -0.2) is 9.55 Å². The molecule has 0 fully saturated rings. The Hall–Kier alpha value is -4.30. The van der Waals surface area contributed by atoms with Gasteiger partial charge in [0.05, 0.1) is 30.2 Å². The predicted octanol–water partition coefficient (Wildman–Crippen LogP) is 8.09. The SMILES string of the molecule is [2H]c1c([2H])c([2H])c2c([nH]c3c([2H])c([2H])c(-c4c([2H])c([2H])c5c6c([2H])c([2H])c([2H])c([2H])c6n(-c6ccccc6)c5c4[2H])c([2H])c32)c1[2H]. The summed E-state index contributed by atoms with van der Waals surface area (Å²) in [6, 6.07) is 1.31. The van der Waals surface area contributed by atoms with Gasteiger partial charge in [0.25, 0.3) is 0 Å². The van der Waals surface area contributed by atoms with Crippen molar-refractivity contribution in [3.05, 3.63) is 115 Å². The van der Waals surface area contributed by atoms with E-state index in [2.05, 4.69) is 4.98 Å².